The van der Waals surface area contributed by atoms with Crippen molar-refractivity contribution >= 4 is 23.2 Å². The summed E-state index contributed by atoms with van der Waals surface area (Å²) in [5.41, 5.74) is 1.27. The predicted octanol–water partition coefficient (Wildman–Crippen LogP) is 3.41. The van der Waals surface area contributed by atoms with Crippen LogP contribution in [0, 0.1) is 29.1 Å². The zero-order valence-electron chi connectivity index (χ0n) is 15.8. The quantitative estimate of drug-likeness (QED) is 0.531. The molecule has 2 aliphatic rings. The van der Waals surface area contributed by atoms with Gasteiger partial charge in [0.05, 0.1) is 0 Å². The maximum absolute atomic E-state index is 12.4. The van der Waals surface area contributed by atoms with E-state index in [1.807, 2.05) is 6.07 Å². The van der Waals surface area contributed by atoms with Gasteiger partial charge in [0, 0.05) is 30.5 Å². The van der Waals surface area contributed by atoms with E-state index in [4.69, 9.17) is 0 Å². The first kappa shape index (κ1) is 19.0. The van der Waals surface area contributed by atoms with Gasteiger partial charge in [-0.1, -0.05) is 6.42 Å². The molecule has 0 radical (unpaired) electrons. The molecule has 2 saturated carbocycles. The maximum Gasteiger partial charge on any atom is 0.267 e. The Bertz CT molecular complexity index is 778. The summed E-state index contributed by atoms with van der Waals surface area (Å²) in [6, 6.07) is 8.99. The molecule has 3 N–H and O–H groups in total. The first-order chi connectivity index (χ1) is 13.0. The molecule has 27 heavy (non-hydrogen) atoms. The highest BCUT2D eigenvalue weighted by atomic mass is 16.2. The van der Waals surface area contributed by atoms with Crippen LogP contribution in [-0.4, -0.2) is 17.9 Å². The summed E-state index contributed by atoms with van der Waals surface area (Å²) in [6.07, 6.45) is 6.79. The van der Waals surface area contributed by atoms with Crippen LogP contribution < -0.4 is 16.0 Å². The monoisotopic (exact) mass is 366 g/mol. The minimum atomic E-state index is -0.447. The van der Waals surface area contributed by atoms with Crippen LogP contribution in [0.1, 0.15) is 39.5 Å². The van der Waals surface area contributed by atoms with Crippen LogP contribution in [0.3, 0.4) is 0 Å². The second kappa shape index (κ2) is 8.26. The third kappa shape index (κ3) is 4.68. The highest BCUT2D eigenvalue weighted by molar-refractivity contribution is 6.06. The van der Waals surface area contributed by atoms with E-state index in [1.165, 1.54) is 38.8 Å². The standard InChI is InChI=1S/C21H26N4O2/c1-13(20-10-15-3-4-16(20)9-15)23-12-17(11-22)21(27)25-19-7-5-18(6-8-19)24-14(2)26/h5-8,12-13,15-16,20,23H,3-4,9-10H2,1-2H3,(H,24,26)(H,25,27)/b17-12-. The molecule has 3 rings (SSSR count). The molecule has 0 aliphatic heterocycles. The zero-order chi connectivity index (χ0) is 19.4. The topological polar surface area (TPSA) is 94.0 Å². The number of fused-ring (bicyclic) bond motifs is 2. The van der Waals surface area contributed by atoms with Gasteiger partial charge < -0.3 is 16.0 Å². The first-order valence-corrected chi connectivity index (χ1v) is 9.51. The molecule has 2 aliphatic carbocycles. The number of nitrogens with one attached hydrogen (secondary N) is 3. The van der Waals surface area contributed by atoms with Crippen molar-refractivity contribution in [3.8, 4) is 6.07 Å². The number of nitriles is 1. The van der Waals surface area contributed by atoms with Crippen molar-refractivity contribution in [2.75, 3.05) is 10.6 Å². The Morgan fingerprint density at radius 3 is 2.33 bits per heavy atom. The molecule has 6 heteroatoms. The van der Waals surface area contributed by atoms with Crippen LogP contribution in [0.15, 0.2) is 36.0 Å². The lowest BCUT2D eigenvalue weighted by Gasteiger charge is -2.28. The molecular weight excluding hydrogens is 340 g/mol. The van der Waals surface area contributed by atoms with Crippen LogP contribution in [0.4, 0.5) is 11.4 Å². The van der Waals surface area contributed by atoms with Crippen LogP contribution in [0.25, 0.3) is 0 Å². The lowest BCUT2D eigenvalue weighted by Crippen LogP contribution is -2.33. The Morgan fingerprint density at radius 2 is 1.81 bits per heavy atom. The number of hydrogen-bond donors (Lipinski definition) is 3. The van der Waals surface area contributed by atoms with E-state index in [9.17, 15) is 14.9 Å². The highest BCUT2D eigenvalue weighted by Crippen LogP contribution is 2.49. The number of nitrogens with zero attached hydrogens (tertiary/aromatic N) is 1. The molecule has 2 fully saturated rings. The summed E-state index contributed by atoms with van der Waals surface area (Å²) in [4.78, 5) is 23.4. The smallest absolute Gasteiger partial charge is 0.267 e. The van der Waals surface area contributed by atoms with Crippen molar-refractivity contribution in [3.63, 3.8) is 0 Å². The fourth-order valence-electron chi connectivity index (χ4n) is 4.43. The summed E-state index contributed by atoms with van der Waals surface area (Å²) in [7, 11) is 0. The van der Waals surface area contributed by atoms with E-state index in [0.29, 0.717) is 17.3 Å². The Hall–Kier alpha value is -2.81. The molecule has 0 heterocycles. The van der Waals surface area contributed by atoms with Gasteiger partial charge in [0.1, 0.15) is 11.6 Å². The van der Waals surface area contributed by atoms with Crippen molar-refractivity contribution in [2.24, 2.45) is 17.8 Å². The molecule has 4 unspecified atom stereocenters. The summed E-state index contributed by atoms with van der Waals surface area (Å²) >= 11 is 0. The average molecular weight is 366 g/mol. The van der Waals surface area contributed by atoms with E-state index < -0.39 is 5.91 Å². The van der Waals surface area contributed by atoms with E-state index in [2.05, 4.69) is 22.9 Å². The van der Waals surface area contributed by atoms with Gasteiger partial charge in [-0.2, -0.15) is 5.26 Å². The molecule has 0 spiro atoms. The number of carbonyl (C=O) groups is 2. The molecule has 6 nitrogen and oxygen atoms in total. The Balaban J connectivity index is 1.56. The summed E-state index contributed by atoms with van der Waals surface area (Å²) < 4.78 is 0. The predicted molar refractivity (Wildman–Crippen MR) is 105 cm³/mol. The van der Waals surface area contributed by atoms with Gasteiger partial charge in [-0.25, -0.2) is 0 Å². The SMILES string of the molecule is CC(=O)Nc1ccc(NC(=O)/C(C#N)=C\NC(C)C2CC3CCC2C3)cc1. The van der Waals surface area contributed by atoms with Crippen molar-refractivity contribution < 1.29 is 9.59 Å². The molecule has 142 valence electrons. The van der Waals surface area contributed by atoms with E-state index in [-0.39, 0.29) is 17.5 Å². The Kier molecular flexibility index (Phi) is 5.80. The summed E-state index contributed by atoms with van der Waals surface area (Å²) in [5, 5.41) is 18.0. The first-order valence-electron chi connectivity index (χ1n) is 9.51. The van der Waals surface area contributed by atoms with Gasteiger partial charge in [-0.05, 0) is 68.2 Å². The van der Waals surface area contributed by atoms with Gasteiger partial charge in [-0.15, -0.1) is 0 Å². The number of carbonyl (C=O) groups excluding carboxylic acids is 2. The lowest BCUT2D eigenvalue weighted by atomic mass is 9.84. The van der Waals surface area contributed by atoms with Crippen LogP contribution in [-0.2, 0) is 9.59 Å². The molecule has 2 amide bonds. The summed E-state index contributed by atoms with van der Waals surface area (Å²) in [6.45, 7) is 3.57. The van der Waals surface area contributed by atoms with Crippen LogP contribution >= 0.6 is 0 Å². The van der Waals surface area contributed by atoms with Crippen molar-refractivity contribution in [2.45, 2.75) is 45.6 Å². The molecule has 2 bridgehead atoms. The summed E-state index contributed by atoms with van der Waals surface area (Å²) in [5.74, 6) is 1.68. The second-order valence-corrected chi connectivity index (χ2v) is 7.68. The number of amides is 2. The van der Waals surface area contributed by atoms with Crippen molar-refractivity contribution in [3.05, 3.63) is 36.0 Å². The zero-order valence-corrected chi connectivity index (χ0v) is 15.8. The molecule has 0 aromatic heterocycles. The maximum atomic E-state index is 12.4. The van der Waals surface area contributed by atoms with E-state index >= 15 is 0 Å². The molecular formula is C21H26N4O2. The number of anilines is 2. The minimum Gasteiger partial charge on any atom is -0.387 e. The second-order valence-electron chi connectivity index (χ2n) is 7.68. The van der Waals surface area contributed by atoms with E-state index in [0.717, 1.165) is 11.8 Å². The van der Waals surface area contributed by atoms with Crippen LogP contribution in [0.5, 0.6) is 0 Å². The molecule has 0 saturated heterocycles. The van der Waals surface area contributed by atoms with Gasteiger partial charge in [0.2, 0.25) is 5.91 Å². The Labute approximate surface area is 160 Å². The molecule has 1 aromatic rings. The fourth-order valence-corrected chi connectivity index (χ4v) is 4.43. The van der Waals surface area contributed by atoms with E-state index in [1.54, 1.807) is 24.3 Å². The largest absolute Gasteiger partial charge is 0.387 e. The number of hydrogen-bond acceptors (Lipinski definition) is 4. The minimum absolute atomic E-state index is 0.0518. The fraction of sp³-hybridized carbons (Fsp3) is 0.476. The van der Waals surface area contributed by atoms with Gasteiger partial charge >= 0.3 is 0 Å². The molecule has 1 aromatic carbocycles. The van der Waals surface area contributed by atoms with Gasteiger partial charge in [0.15, 0.2) is 0 Å². The van der Waals surface area contributed by atoms with Crippen molar-refractivity contribution in [1.29, 1.82) is 5.26 Å². The van der Waals surface area contributed by atoms with Gasteiger partial charge in [0.25, 0.3) is 5.91 Å². The molecule has 4 atom stereocenters. The third-order valence-electron chi connectivity index (χ3n) is 5.75. The highest BCUT2D eigenvalue weighted by Gasteiger charge is 2.41. The average Bonchev–Trinajstić information content (AvgIpc) is 3.26. The Morgan fingerprint density at radius 1 is 1.15 bits per heavy atom. The number of benzene rings is 1. The third-order valence-corrected chi connectivity index (χ3v) is 5.75. The van der Waals surface area contributed by atoms with Gasteiger partial charge in [-0.3, -0.25) is 9.59 Å². The lowest BCUT2D eigenvalue weighted by molar-refractivity contribution is -0.114. The number of rotatable bonds is 6. The normalized spacial score (nSPS) is 24.8. The van der Waals surface area contributed by atoms with Crippen molar-refractivity contribution in [1.82, 2.24) is 5.32 Å². The van der Waals surface area contributed by atoms with Crippen LogP contribution in [0.2, 0.25) is 0 Å².